The molecule has 2 N–H and O–H groups in total. The van der Waals surface area contributed by atoms with Crippen LogP contribution in [0.25, 0.3) is 0 Å². The summed E-state index contributed by atoms with van der Waals surface area (Å²) in [7, 11) is -0.149. The van der Waals surface area contributed by atoms with Gasteiger partial charge in [0.25, 0.3) is 0 Å². The van der Waals surface area contributed by atoms with Crippen molar-refractivity contribution < 1.29 is 9.31 Å². The van der Waals surface area contributed by atoms with Crippen LogP contribution in [0.2, 0.25) is 0 Å². The summed E-state index contributed by atoms with van der Waals surface area (Å²) >= 11 is 0. The third-order valence-electron chi connectivity index (χ3n) is 3.50. The standard InChI is InChI=1S/C10H20BNO2/c1-7(2)8-4-3-5-9-10(8)14-11(6-12)13-9/h7-10H,3-6,12H2,1-2H3/t8-,9?,10?/m0/s1. The molecule has 2 fully saturated rings. The molecule has 2 unspecified atom stereocenters. The number of hydrogen-bond donors (Lipinski definition) is 1. The van der Waals surface area contributed by atoms with Crippen LogP contribution < -0.4 is 5.73 Å². The van der Waals surface area contributed by atoms with Crippen LogP contribution in [-0.2, 0) is 9.31 Å². The van der Waals surface area contributed by atoms with Crippen molar-refractivity contribution in [3.63, 3.8) is 0 Å². The Balaban J connectivity index is 2.02. The van der Waals surface area contributed by atoms with Crippen molar-refractivity contribution >= 4 is 7.12 Å². The Morgan fingerprint density at radius 1 is 1.36 bits per heavy atom. The van der Waals surface area contributed by atoms with Crippen LogP contribution >= 0.6 is 0 Å². The number of nitrogens with two attached hydrogens (primary N) is 1. The Hall–Kier alpha value is -0.0551. The molecule has 4 heteroatoms. The van der Waals surface area contributed by atoms with Crippen LogP contribution in [0.15, 0.2) is 0 Å². The highest BCUT2D eigenvalue weighted by atomic mass is 16.7. The number of rotatable bonds is 2. The highest BCUT2D eigenvalue weighted by molar-refractivity contribution is 6.45. The zero-order valence-corrected chi connectivity index (χ0v) is 9.11. The maximum absolute atomic E-state index is 5.84. The molecule has 1 aliphatic carbocycles. The number of hydrogen-bond acceptors (Lipinski definition) is 3. The summed E-state index contributed by atoms with van der Waals surface area (Å²) in [6, 6.07) is 0. The molecule has 14 heavy (non-hydrogen) atoms. The van der Waals surface area contributed by atoms with Crippen molar-refractivity contribution in [1.82, 2.24) is 0 Å². The zero-order chi connectivity index (χ0) is 10.1. The lowest BCUT2D eigenvalue weighted by atomic mass is 9.78. The van der Waals surface area contributed by atoms with E-state index in [4.69, 9.17) is 15.0 Å². The smallest absolute Gasteiger partial charge is 0.405 e. The summed E-state index contributed by atoms with van der Waals surface area (Å²) < 4.78 is 11.6. The van der Waals surface area contributed by atoms with Crippen LogP contribution in [0, 0.1) is 11.8 Å². The second kappa shape index (κ2) is 4.21. The van der Waals surface area contributed by atoms with Crippen molar-refractivity contribution in [3.05, 3.63) is 0 Å². The van der Waals surface area contributed by atoms with E-state index in [0.29, 0.717) is 30.5 Å². The monoisotopic (exact) mass is 197 g/mol. The van der Waals surface area contributed by atoms with Gasteiger partial charge in [0.15, 0.2) is 0 Å². The molecule has 0 bridgehead atoms. The van der Waals surface area contributed by atoms with Crippen LogP contribution in [0.3, 0.4) is 0 Å². The van der Waals surface area contributed by atoms with Crippen LogP contribution in [0.5, 0.6) is 0 Å². The summed E-state index contributed by atoms with van der Waals surface area (Å²) in [6.45, 7) is 4.54. The van der Waals surface area contributed by atoms with Gasteiger partial charge in [0, 0.05) is 6.44 Å². The summed E-state index contributed by atoms with van der Waals surface area (Å²) in [5.41, 5.74) is 5.56. The summed E-state index contributed by atoms with van der Waals surface area (Å²) in [5, 5.41) is 0. The highest BCUT2D eigenvalue weighted by Crippen LogP contribution is 2.37. The second-order valence-electron chi connectivity index (χ2n) is 4.78. The minimum atomic E-state index is -0.149. The van der Waals surface area contributed by atoms with Crippen molar-refractivity contribution in [2.75, 3.05) is 6.44 Å². The first-order valence-corrected chi connectivity index (χ1v) is 5.73. The largest absolute Gasteiger partial charge is 0.471 e. The molecule has 3 atom stereocenters. The lowest BCUT2D eigenvalue weighted by Gasteiger charge is -2.34. The zero-order valence-electron chi connectivity index (χ0n) is 9.11. The minimum Gasteiger partial charge on any atom is -0.405 e. The number of fused-ring (bicyclic) bond motifs is 1. The molecule has 1 aliphatic heterocycles. The molecule has 0 aromatic carbocycles. The quantitative estimate of drug-likeness (QED) is 0.676. The van der Waals surface area contributed by atoms with Crippen LogP contribution in [0.4, 0.5) is 0 Å². The minimum absolute atomic E-state index is 0.149. The lowest BCUT2D eigenvalue weighted by Crippen LogP contribution is -2.37. The van der Waals surface area contributed by atoms with Gasteiger partial charge in [-0.3, -0.25) is 0 Å². The maximum atomic E-state index is 5.84. The van der Waals surface area contributed by atoms with Gasteiger partial charge in [-0.05, 0) is 24.7 Å². The maximum Gasteiger partial charge on any atom is 0.471 e. The average Bonchev–Trinajstić information content (AvgIpc) is 2.59. The van der Waals surface area contributed by atoms with E-state index in [0.717, 1.165) is 6.42 Å². The molecule has 2 rings (SSSR count). The molecule has 0 aromatic heterocycles. The summed E-state index contributed by atoms with van der Waals surface area (Å²) in [6.07, 6.45) is 4.79. The second-order valence-corrected chi connectivity index (χ2v) is 4.78. The fourth-order valence-electron chi connectivity index (χ4n) is 2.72. The Labute approximate surface area is 86.5 Å². The SMILES string of the molecule is CC(C)[C@@H]1CCCC2OB(CN)OC21. The average molecular weight is 197 g/mol. The molecule has 1 heterocycles. The van der Waals surface area contributed by atoms with Crippen molar-refractivity contribution in [2.24, 2.45) is 17.6 Å². The van der Waals surface area contributed by atoms with Crippen molar-refractivity contribution in [1.29, 1.82) is 0 Å². The molecule has 3 nitrogen and oxygen atoms in total. The molecular weight excluding hydrogens is 177 g/mol. The van der Waals surface area contributed by atoms with Gasteiger partial charge in [-0.2, -0.15) is 0 Å². The molecule has 1 saturated heterocycles. The third-order valence-corrected chi connectivity index (χ3v) is 3.50. The van der Waals surface area contributed by atoms with E-state index in [1.54, 1.807) is 0 Å². The molecule has 0 spiro atoms. The summed E-state index contributed by atoms with van der Waals surface area (Å²) in [4.78, 5) is 0. The van der Waals surface area contributed by atoms with Gasteiger partial charge in [0.2, 0.25) is 0 Å². The van der Waals surface area contributed by atoms with E-state index in [1.165, 1.54) is 12.8 Å². The first kappa shape index (κ1) is 10.5. The first-order valence-electron chi connectivity index (χ1n) is 5.73. The van der Waals surface area contributed by atoms with Crippen molar-refractivity contribution in [2.45, 2.75) is 45.3 Å². The van der Waals surface area contributed by atoms with Gasteiger partial charge in [-0.1, -0.05) is 20.3 Å². The van der Waals surface area contributed by atoms with Gasteiger partial charge < -0.3 is 15.0 Å². The fourth-order valence-corrected chi connectivity index (χ4v) is 2.72. The predicted molar refractivity (Wildman–Crippen MR) is 56.7 cm³/mol. The van der Waals surface area contributed by atoms with E-state index < -0.39 is 0 Å². The Kier molecular flexibility index (Phi) is 3.15. The third kappa shape index (κ3) is 1.83. The van der Waals surface area contributed by atoms with Gasteiger partial charge in [0.05, 0.1) is 12.2 Å². The first-order chi connectivity index (χ1) is 6.72. The predicted octanol–water partition coefficient (Wildman–Crippen LogP) is 1.21. The lowest BCUT2D eigenvalue weighted by molar-refractivity contribution is 0.0367. The summed E-state index contributed by atoms with van der Waals surface area (Å²) in [5.74, 6) is 1.34. The van der Waals surface area contributed by atoms with E-state index >= 15 is 0 Å². The fraction of sp³-hybridized carbons (Fsp3) is 1.00. The topological polar surface area (TPSA) is 44.5 Å². The molecule has 2 aliphatic rings. The molecule has 0 aromatic rings. The normalized spacial score (nSPS) is 37.7. The van der Waals surface area contributed by atoms with Gasteiger partial charge in [-0.25, -0.2) is 0 Å². The van der Waals surface area contributed by atoms with E-state index in [9.17, 15) is 0 Å². The van der Waals surface area contributed by atoms with E-state index in [1.807, 2.05) is 0 Å². The molecular formula is C10H20BNO2. The van der Waals surface area contributed by atoms with Gasteiger partial charge in [-0.15, -0.1) is 0 Å². The van der Waals surface area contributed by atoms with Gasteiger partial charge in [0.1, 0.15) is 0 Å². The van der Waals surface area contributed by atoms with Crippen molar-refractivity contribution in [3.8, 4) is 0 Å². The van der Waals surface area contributed by atoms with E-state index in [-0.39, 0.29) is 7.12 Å². The molecule has 80 valence electrons. The van der Waals surface area contributed by atoms with E-state index in [2.05, 4.69) is 13.8 Å². The van der Waals surface area contributed by atoms with Crippen LogP contribution in [0.1, 0.15) is 33.1 Å². The Morgan fingerprint density at radius 2 is 2.14 bits per heavy atom. The molecule has 0 amide bonds. The van der Waals surface area contributed by atoms with Crippen LogP contribution in [-0.4, -0.2) is 25.8 Å². The molecule has 0 radical (unpaired) electrons. The highest BCUT2D eigenvalue weighted by Gasteiger charge is 2.45. The Bertz CT molecular complexity index is 201. The Morgan fingerprint density at radius 3 is 2.79 bits per heavy atom. The molecule has 1 saturated carbocycles. The van der Waals surface area contributed by atoms with Gasteiger partial charge >= 0.3 is 7.12 Å².